The third kappa shape index (κ3) is 4.75. The number of benzene rings is 2. The molecule has 0 aliphatic heterocycles. The van der Waals surface area contributed by atoms with E-state index in [1.54, 1.807) is 36.3 Å². The van der Waals surface area contributed by atoms with Crippen LogP contribution < -0.4 is 9.64 Å². The molecule has 0 saturated heterocycles. The number of carbonyl (C=O) groups is 1. The van der Waals surface area contributed by atoms with Gasteiger partial charge in [-0.15, -0.1) is 0 Å². The second kappa shape index (κ2) is 8.89. The molecule has 0 aliphatic rings. The van der Waals surface area contributed by atoms with E-state index in [2.05, 4.69) is 4.98 Å². The van der Waals surface area contributed by atoms with E-state index in [1.807, 2.05) is 19.0 Å². The van der Waals surface area contributed by atoms with Gasteiger partial charge < -0.3 is 9.64 Å². The van der Waals surface area contributed by atoms with Crippen molar-refractivity contribution in [3.8, 4) is 5.75 Å². The summed E-state index contributed by atoms with van der Waals surface area (Å²) in [6.07, 6.45) is 1.11. The van der Waals surface area contributed by atoms with E-state index in [-0.39, 0.29) is 16.4 Å². The maximum atomic E-state index is 13.4. The molecule has 1 heterocycles. The first-order valence-electron chi connectivity index (χ1n) is 9.01. The lowest BCUT2D eigenvalue weighted by atomic mass is 10.2. The average Bonchev–Trinajstić information content (AvgIpc) is 3.13. The largest absolute Gasteiger partial charge is 0.494 e. The van der Waals surface area contributed by atoms with Gasteiger partial charge in [0.2, 0.25) is 0 Å². The number of sulfone groups is 1. The van der Waals surface area contributed by atoms with E-state index >= 15 is 0 Å². The lowest BCUT2D eigenvalue weighted by Gasteiger charge is -2.22. The fourth-order valence-electron chi connectivity index (χ4n) is 2.82. The Labute approximate surface area is 184 Å². The lowest BCUT2D eigenvalue weighted by molar-refractivity contribution is 0.0985. The van der Waals surface area contributed by atoms with Crippen molar-refractivity contribution in [2.75, 3.05) is 45.5 Å². The Bertz CT molecular complexity index is 1190. The summed E-state index contributed by atoms with van der Waals surface area (Å²) in [4.78, 5) is 21.6. The fraction of sp³-hybridized carbons (Fsp3) is 0.300. The molecular weight excluding hydrogens is 446 g/mol. The van der Waals surface area contributed by atoms with Crippen LogP contribution in [0.1, 0.15) is 10.4 Å². The molecule has 0 radical (unpaired) electrons. The van der Waals surface area contributed by atoms with Crippen LogP contribution in [0.3, 0.4) is 0 Å². The molecule has 3 rings (SSSR count). The number of halogens is 1. The van der Waals surface area contributed by atoms with E-state index in [0.29, 0.717) is 34.5 Å². The summed E-state index contributed by atoms with van der Waals surface area (Å²) in [5.41, 5.74) is 0.853. The minimum atomic E-state index is -3.44. The number of methoxy groups -OCH3 is 1. The minimum absolute atomic E-state index is 0.0925. The quantitative estimate of drug-likeness (QED) is 0.528. The smallest absolute Gasteiger partial charge is 0.260 e. The van der Waals surface area contributed by atoms with Crippen molar-refractivity contribution in [1.29, 1.82) is 0 Å². The summed E-state index contributed by atoms with van der Waals surface area (Å²) in [5, 5.41) is 0.988. The number of nitrogens with zero attached hydrogens (tertiary/aromatic N) is 3. The normalized spacial score (nSPS) is 11.8. The Morgan fingerprint density at radius 3 is 2.57 bits per heavy atom. The number of amides is 1. The van der Waals surface area contributed by atoms with Gasteiger partial charge in [-0.05, 0) is 44.4 Å². The molecule has 2 aromatic carbocycles. The van der Waals surface area contributed by atoms with Gasteiger partial charge in [-0.3, -0.25) is 9.69 Å². The van der Waals surface area contributed by atoms with Crippen LogP contribution in [0, 0.1) is 0 Å². The van der Waals surface area contributed by atoms with E-state index in [0.717, 1.165) is 11.0 Å². The molecule has 1 amide bonds. The van der Waals surface area contributed by atoms with Gasteiger partial charge in [-0.25, -0.2) is 13.4 Å². The van der Waals surface area contributed by atoms with E-state index in [9.17, 15) is 13.2 Å². The molecule has 160 valence electrons. The third-order valence-corrected chi connectivity index (χ3v) is 7.07. The highest BCUT2D eigenvalue weighted by molar-refractivity contribution is 7.90. The number of fused-ring (bicyclic) bond motifs is 1. The van der Waals surface area contributed by atoms with Gasteiger partial charge >= 0.3 is 0 Å². The number of anilines is 1. The Kier molecular flexibility index (Phi) is 6.66. The highest BCUT2D eigenvalue weighted by Gasteiger charge is 2.24. The summed E-state index contributed by atoms with van der Waals surface area (Å²) in [6, 6.07) is 9.48. The zero-order valence-corrected chi connectivity index (χ0v) is 19.4. The van der Waals surface area contributed by atoms with Crippen LogP contribution in [-0.2, 0) is 9.84 Å². The first kappa shape index (κ1) is 22.5. The van der Waals surface area contributed by atoms with Gasteiger partial charge in [0, 0.05) is 24.9 Å². The van der Waals surface area contributed by atoms with E-state index in [1.165, 1.54) is 23.5 Å². The predicted octanol–water partition coefficient (Wildman–Crippen LogP) is 3.57. The van der Waals surface area contributed by atoms with Gasteiger partial charge in [-0.2, -0.15) is 0 Å². The van der Waals surface area contributed by atoms with Crippen LogP contribution in [0.15, 0.2) is 41.3 Å². The Hall–Kier alpha value is -2.20. The molecular formula is C20H22ClN3O4S2. The molecule has 0 spiro atoms. The predicted molar refractivity (Wildman–Crippen MR) is 121 cm³/mol. The standard InChI is InChI=1S/C20H22ClN3O4S2/c1-23(2)10-11-24(19(25)13-6-5-7-14(12-13)30(4,26)27)20-22-17-16(28-3)9-8-15(21)18(17)29-20/h5-9,12H,10-11H2,1-4H3. The van der Waals surface area contributed by atoms with Crippen molar-refractivity contribution in [3.63, 3.8) is 0 Å². The molecule has 0 fully saturated rings. The van der Waals surface area contributed by atoms with Gasteiger partial charge in [0.05, 0.1) is 21.7 Å². The van der Waals surface area contributed by atoms with Crippen molar-refractivity contribution in [2.45, 2.75) is 4.90 Å². The molecule has 0 saturated carbocycles. The molecule has 0 bridgehead atoms. The van der Waals surface area contributed by atoms with Crippen molar-refractivity contribution in [1.82, 2.24) is 9.88 Å². The fourth-order valence-corrected chi connectivity index (χ4v) is 4.77. The number of aromatic nitrogens is 1. The molecule has 0 unspecified atom stereocenters. The maximum Gasteiger partial charge on any atom is 0.260 e. The topological polar surface area (TPSA) is 79.8 Å². The molecule has 0 N–H and O–H groups in total. The van der Waals surface area contributed by atoms with Crippen molar-refractivity contribution in [2.24, 2.45) is 0 Å². The van der Waals surface area contributed by atoms with Gasteiger partial charge in [0.15, 0.2) is 15.0 Å². The van der Waals surface area contributed by atoms with Gasteiger partial charge in [0.1, 0.15) is 11.3 Å². The number of carbonyl (C=O) groups excluding carboxylic acids is 1. The molecule has 0 aliphatic carbocycles. The number of hydrogen-bond acceptors (Lipinski definition) is 7. The molecule has 0 atom stereocenters. The zero-order chi connectivity index (χ0) is 22.1. The highest BCUT2D eigenvalue weighted by Crippen LogP contribution is 2.39. The SMILES string of the molecule is COc1ccc(Cl)c2sc(N(CCN(C)C)C(=O)c3cccc(S(C)(=O)=O)c3)nc12. The summed E-state index contributed by atoms with van der Waals surface area (Å²) in [7, 11) is 1.93. The number of rotatable bonds is 7. The third-order valence-electron chi connectivity index (χ3n) is 4.42. The lowest BCUT2D eigenvalue weighted by Crippen LogP contribution is -2.36. The van der Waals surface area contributed by atoms with Crippen LogP contribution in [0.4, 0.5) is 5.13 Å². The van der Waals surface area contributed by atoms with Crippen LogP contribution in [-0.4, -0.2) is 64.8 Å². The van der Waals surface area contributed by atoms with Gasteiger partial charge in [0.25, 0.3) is 5.91 Å². The molecule has 30 heavy (non-hydrogen) atoms. The Morgan fingerprint density at radius 2 is 1.93 bits per heavy atom. The minimum Gasteiger partial charge on any atom is -0.494 e. The number of ether oxygens (including phenoxy) is 1. The number of likely N-dealkylation sites (N-methyl/N-ethyl adjacent to an activating group) is 1. The summed E-state index contributed by atoms with van der Waals surface area (Å²) in [6.45, 7) is 0.965. The van der Waals surface area contributed by atoms with Crippen molar-refractivity contribution in [3.05, 3.63) is 47.0 Å². The summed E-state index contributed by atoms with van der Waals surface area (Å²) < 4.78 is 29.9. The second-order valence-electron chi connectivity index (χ2n) is 6.98. The molecule has 1 aromatic heterocycles. The summed E-state index contributed by atoms with van der Waals surface area (Å²) >= 11 is 7.63. The molecule has 7 nitrogen and oxygen atoms in total. The van der Waals surface area contributed by atoms with Crippen molar-refractivity contribution >= 4 is 54.0 Å². The Morgan fingerprint density at radius 1 is 1.20 bits per heavy atom. The van der Waals surface area contributed by atoms with Crippen LogP contribution >= 0.6 is 22.9 Å². The first-order chi connectivity index (χ1) is 14.1. The number of hydrogen-bond donors (Lipinski definition) is 0. The number of thiazole rings is 1. The Balaban J connectivity index is 2.09. The first-order valence-corrected chi connectivity index (χ1v) is 12.1. The monoisotopic (exact) mass is 467 g/mol. The zero-order valence-electron chi connectivity index (χ0n) is 17.0. The van der Waals surface area contributed by atoms with Crippen LogP contribution in [0.5, 0.6) is 5.75 Å². The second-order valence-corrected chi connectivity index (χ2v) is 10.4. The average molecular weight is 468 g/mol. The van der Waals surface area contributed by atoms with Gasteiger partial charge in [-0.1, -0.05) is 29.0 Å². The van der Waals surface area contributed by atoms with E-state index < -0.39 is 9.84 Å². The molecule has 10 heteroatoms. The highest BCUT2D eigenvalue weighted by atomic mass is 35.5. The van der Waals surface area contributed by atoms with Crippen molar-refractivity contribution < 1.29 is 17.9 Å². The van der Waals surface area contributed by atoms with E-state index in [4.69, 9.17) is 16.3 Å². The summed E-state index contributed by atoms with van der Waals surface area (Å²) in [5.74, 6) is 0.229. The van der Waals surface area contributed by atoms with Crippen LogP contribution in [0.25, 0.3) is 10.2 Å². The molecule has 3 aromatic rings. The maximum absolute atomic E-state index is 13.4. The van der Waals surface area contributed by atoms with Crippen LogP contribution in [0.2, 0.25) is 5.02 Å².